The fourth-order valence-corrected chi connectivity index (χ4v) is 1.63. The Kier molecular flexibility index (Phi) is 10.7. The molecule has 1 aromatic heterocycles. The first-order valence-electron chi connectivity index (χ1n) is 6.09. The van der Waals surface area contributed by atoms with Crippen LogP contribution in [-0.2, 0) is 4.74 Å². The number of nitrogens with two attached hydrogens (primary N) is 1. The van der Waals surface area contributed by atoms with Crippen LogP contribution in [0.25, 0.3) is 0 Å². The average molecular weight is 267 g/mol. The maximum Gasteiger partial charge on any atom is 0.212 e. The lowest BCUT2D eigenvalue weighted by Gasteiger charge is -2.13. The summed E-state index contributed by atoms with van der Waals surface area (Å²) in [7, 11) is 1.73. The van der Waals surface area contributed by atoms with Crippen molar-refractivity contribution in [1.29, 1.82) is 0 Å². The van der Waals surface area contributed by atoms with Crippen molar-refractivity contribution in [2.75, 3.05) is 33.4 Å². The van der Waals surface area contributed by atoms with Crippen molar-refractivity contribution in [3.05, 3.63) is 30.3 Å². The largest absolute Gasteiger partial charge is 0.383 e. The number of ether oxygens (including phenoxy) is 1. The topological polar surface area (TPSA) is 51.4 Å². The minimum atomic E-state index is -0.428. The van der Waals surface area contributed by atoms with E-state index >= 15 is 0 Å². The molecule has 0 unspecified atom stereocenters. The summed E-state index contributed by atoms with van der Waals surface area (Å²) in [6.07, 6.45) is 10.6. The fraction of sp³-hybridized carbons (Fsp3) is 0.500. The Morgan fingerprint density at radius 2 is 2.26 bits per heavy atom. The lowest BCUT2D eigenvalue weighted by molar-refractivity contribution is 0.160. The molecular formula is C14H22FN3O. The van der Waals surface area contributed by atoms with E-state index in [0.29, 0.717) is 6.04 Å². The van der Waals surface area contributed by atoms with Gasteiger partial charge in [-0.2, -0.15) is 4.39 Å². The summed E-state index contributed by atoms with van der Waals surface area (Å²) in [5, 5.41) is 0. The van der Waals surface area contributed by atoms with Crippen LogP contribution < -0.4 is 5.73 Å². The summed E-state index contributed by atoms with van der Waals surface area (Å²) in [5.41, 5.74) is 5.71. The highest BCUT2D eigenvalue weighted by atomic mass is 19.1. The number of aromatic nitrogens is 1. The average Bonchev–Trinajstić information content (AvgIpc) is 2.86. The third-order valence-corrected chi connectivity index (χ3v) is 2.55. The van der Waals surface area contributed by atoms with Crippen LogP contribution in [0, 0.1) is 18.8 Å². The van der Waals surface area contributed by atoms with Gasteiger partial charge in [0.25, 0.3) is 0 Å². The van der Waals surface area contributed by atoms with Gasteiger partial charge < -0.3 is 10.5 Å². The van der Waals surface area contributed by atoms with Crippen molar-refractivity contribution < 1.29 is 9.13 Å². The highest BCUT2D eigenvalue weighted by Crippen LogP contribution is 2.05. The van der Waals surface area contributed by atoms with Crippen molar-refractivity contribution in [3.63, 3.8) is 0 Å². The van der Waals surface area contributed by atoms with Crippen molar-refractivity contribution in [3.8, 4) is 12.8 Å². The van der Waals surface area contributed by atoms with E-state index in [0.717, 1.165) is 32.7 Å². The standard InChI is InChI=1S/C7H16N2O.C5H4FN.C2H2/c1-10-5-4-9-3-2-7(8)6-9;6-5-3-1-2-4-7-5;1-2/h7H,2-6,8H2,1H3;1-4H;1-2H/t7-;;/m0../s1. The Balaban J connectivity index is 0.000000316. The molecule has 4 nitrogen and oxygen atoms in total. The van der Waals surface area contributed by atoms with Gasteiger partial charge in [0.15, 0.2) is 0 Å². The Hall–Kier alpha value is -1.48. The minimum absolute atomic E-state index is 0.400. The number of halogens is 1. The third-order valence-electron chi connectivity index (χ3n) is 2.55. The van der Waals surface area contributed by atoms with Gasteiger partial charge in [0.05, 0.1) is 6.61 Å². The number of terminal acetylenes is 1. The van der Waals surface area contributed by atoms with E-state index in [4.69, 9.17) is 10.5 Å². The number of likely N-dealkylation sites (tertiary alicyclic amines) is 1. The molecular weight excluding hydrogens is 245 g/mol. The molecule has 1 saturated heterocycles. The molecule has 5 heteroatoms. The SMILES string of the molecule is C#C.COCCN1CC[C@H](N)C1.Fc1ccccn1. The first-order valence-corrected chi connectivity index (χ1v) is 6.09. The van der Waals surface area contributed by atoms with Gasteiger partial charge in [0.2, 0.25) is 5.95 Å². The van der Waals surface area contributed by atoms with Crippen LogP contribution in [0.4, 0.5) is 4.39 Å². The van der Waals surface area contributed by atoms with Crippen molar-refractivity contribution in [2.45, 2.75) is 12.5 Å². The molecule has 1 aliphatic rings. The molecule has 0 aromatic carbocycles. The van der Waals surface area contributed by atoms with E-state index in [-0.39, 0.29) is 0 Å². The van der Waals surface area contributed by atoms with E-state index in [1.54, 1.807) is 19.2 Å². The first kappa shape index (κ1) is 17.5. The van der Waals surface area contributed by atoms with E-state index in [2.05, 4.69) is 22.7 Å². The highest BCUT2D eigenvalue weighted by molar-refractivity contribution is 4.90. The molecule has 0 amide bonds. The van der Waals surface area contributed by atoms with Gasteiger partial charge in [-0.3, -0.25) is 4.90 Å². The number of methoxy groups -OCH3 is 1. The van der Waals surface area contributed by atoms with E-state index in [9.17, 15) is 4.39 Å². The first-order chi connectivity index (χ1) is 9.22. The Labute approximate surface area is 114 Å². The van der Waals surface area contributed by atoms with Crippen LogP contribution in [0.15, 0.2) is 24.4 Å². The number of rotatable bonds is 3. The Morgan fingerprint density at radius 1 is 1.53 bits per heavy atom. The molecule has 1 atom stereocenters. The van der Waals surface area contributed by atoms with Gasteiger partial charge in [-0.1, -0.05) is 6.07 Å². The normalized spacial score (nSPS) is 17.8. The molecule has 0 saturated carbocycles. The van der Waals surface area contributed by atoms with Crippen LogP contribution in [0.1, 0.15) is 6.42 Å². The predicted molar refractivity (Wildman–Crippen MR) is 75.0 cm³/mol. The minimum Gasteiger partial charge on any atom is -0.383 e. The molecule has 2 heterocycles. The maximum absolute atomic E-state index is 11.8. The van der Waals surface area contributed by atoms with Crippen LogP contribution in [0.5, 0.6) is 0 Å². The molecule has 0 radical (unpaired) electrons. The zero-order valence-electron chi connectivity index (χ0n) is 11.3. The van der Waals surface area contributed by atoms with Gasteiger partial charge in [-0.05, 0) is 25.1 Å². The molecule has 2 rings (SSSR count). The lowest BCUT2D eigenvalue weighted by atomic mass is 10.3. The van der Waals surface area contributed by atoms with Gasteiger partial charge in [-0.25, -0.2) is 4.98 Å². The van der Waals surface area contributed by atoms with Crippen LogP contribution >= 0.6 is 0 Å². The summed E-state index contributed by atoms with van der Waals surface area (Å²) in [6.45, 7) is 4.05. The lowest BCUT2D eigenvalue weighted by Crippen LogP contribution is -2.28. The molecule has 19 heavy (non-hydrogen) atoms. The zero-order chi connectivity index (χ0) is 14.5. The monoisotopic (exact) mass is 267 g/mol. The quantitative estimate of drug-likeness (QED) is 0.659. The summed E-state index contributed by atoms with van der Waals surface area (Å²) in [6, 6.07) is 4.97. The predicted octanol–water partition coefficient (Wildman–Crippen LogP) is 1.14. The van der Waals surface area contributed by atoms with Crippen LogP contribution in [0.3, 0.4) is 0 Å². The molecule has 0 spiro atoms. The molecule has 0 bridgehead atoms. The second-order valence-corrected chi connectivity index (χ2v) is 3.99. The van der Waals surface area contributed by atoms with Crippen LogP contribution in [0.2, 0.25) is 0 Å². The van der Waals surface area contributed by atoms with E-state index < -0.39 is 5.95 Å². The Bertz CT molecular complexity index is 332. The molecule has 2 N–H and O–H groups in total. The smallest absolute Gasteiger partial charge is 0.212 e. The highest BCUT2D eigenvalue weighted by Gasteiger charge is 2.17. The third kappa shape index (κ3) is 9.14. The summed E-state index contributed by atoms with van der Waals surface area (Å²) in [4.78, 5) is 5.65. The molecule has 1 aliphatic heterocycles. The van der Waals surface area contributed by atoms with E-state index in [1.807, 2.05) is 0 Å². The van der Waals surface area contributed by atoms with Crippen molar-refractivity contribution in [1.82, 2.24) is 9.88 Å². The maximum atomic E-state index is 11.8. The van der Waals surface area contributed by atoms with Crippen molar-refractivity contribution >= 4 is 0 Å². The molecule has 106 valence electrons. The summed E-state index contributed by atoms with van der Waals surface area (Å²) >= 11 is 0. The number of hydrogen-bond donors (Lipinski definition) is 1. The Morgan fingerprint density at radius 3 is 2.63 bits per heavy atom. The van der Waals surface area contributed by atoms with E-state index in [1.165, 1.54) is 12.3 Å². The zero-order valence-corrected chi connectivity index (χ0v) is 11.3. The number of pyridine rings is 1. The second kappa shape index (κ2) is 11.6. The van der Waals surface area contributed by atoms with Gasteiger partial charge >= 0.3 is 0 Å². The summed E-state index contributed by atoms with van der Waals surface area (Å²) < 4.78 is 16.8. The molecule has 1 aromatic rings. The fourth-order valence-electron chi connectivity index (χ4n) is 1.63. The number of nitrogens with zero attached hydrogens (tertiary/aromatic N) is 2. The van der Waals surface area contributed by atoms with Crippen LogP contribution in [-0.4, -0.2) is 49.3 Å². The number of hydrogen-bond acceptors (Lipinski definition) is 4. The van der Waals surface area contributed by atoms with Crippen molar-refractivity contribution in [2.24, 2.45) is 5.73 Å². The summed E-state index contributed by atoms with van der Waals surface area (Å²) in [5.74, 6) is -0.428. The second-order valence-electron chi connectivity index (χ2n) is 3.99. The van der Waals surface area contributed by atoms with Gasteiger partial charge in [0.1, 0.15) is 0 Å². The molecule has 0 aliphatic carbocycles. The van der Waals surface area contributed by atoms with Gasteiger partial charge in [-0.15, -0.1) is 12.8 Å². The molecule has 1 fully saturated rings. The van der Waals surface area contributed by atoms with Gasteiger partial charge in [0, 0.05) is 32.4 Å².